The molecular weight excluding hydrogens is 188 g/mol. The highest BCUT2D eigenvalue weighted by molar-refractivity contribution is 5.21. The number of aliphatic hydroxyl groups is 1. The molecule has 0 aliphatic rings. The molecule has 0 fully saturated rings. The van der Waals surface area contributed by atoms with Crippen molar-refractivity contribution in [2.24, 2.45) is 5.73 Å². The van der Waals surface area contributed by atoms with Crippen LogP contribution in [0.3, 0.4) is 0 Å². The van der Waals surface area contributed by atoms with Crippen molar-refractivity contribution >= 4 is 0 Å². The van der Waals surface area contributed by atoms with Gasteiger partial charge in [0.15, 0.2) is 0 Å². The van der Waals surface area contributed by atoms with E-state index >= 15 is 0 Å². The van der Waals surface area contributed by atoms with Crippen LogP contribution in [-0.4, -0.2) is 11.7 Å². The Kier molecular flexibility index (Phi) is 3.98. The Morgan fingerprint density at radius 3 is 2.64 bits per heavy atom. The van der Waals surface area contributed by atoms with Crippen molar-refractivity contribution in [2.75, 3.05) is 6.61 Å². The Bertz CT molecular complexity index is 304. The van der Waals surface area contributed by atoms with Crippen LogP contribution < -0.4 is 5.73 Å². The molecule has 2 nitrogen and oxygen atoms in total. The first kappa shape index (κ1) is 11.1. The second-order valence-corrected chi connectivity index (χ2v) is 3.14. The SMILES string of the molecule is NC(CCCO)c1ccc(F)cc1F. The largest absolute Gasteiger partial charge is 0.396 e. The summed E-state index contributed by atoms with van der Waals surface area (Å²) in [5.74, 6) is -1.24. The zero-order valence-corrected chi connectivity index (χ0v) is 7.71. The summed E-state index contributed by atoms with van der Waals surface area (Å²) in [6.45, 7) is 0.0243. The standard InChI is InChI=1S/C10H13F2NO/c11-7-3-4-8(9(12)6-7)10(13)2-1-5-14/h3-4,6,10,14H,1-2,5,13H2. The lowest BCUT2D eigenvalue weighted by molar-refractivity contribution is 0.279. The molecule has 14 heavy (non-hydrogen) atoms. The molecule has 78 valence electrons. The quantitative estimate of drug-likeness (QED) is 0.779. The molecule has 0 aromatic heterocycles. The zero-order valence-electron chi connectivity index (χ0n) is 7.71. The fraction of sp³-hybridized carbons (Fsp3) is 0.400. The number of rotatable bonds is 4. The van der Waals surface area contributed by atoms with E-state index in [0.717, 1.165) is 6.07 Å². The molecular formula is C10H13F2NO. The van der Waals surface area contributed by atoms with Crippen LogP contribution in [-0.2, 0) is 0 Å². The normalized spacial score (nSPS) is 12.9. The molecule has 0 heterocycles. The number of benzene rings is 1. The van der Waals surface area contributed by atoms with Crippen molar-refractivity contribution in [1.29, 1.82) is 0 Å². The second kappa shape index (κ2) is 5.02. The number of hydrogen-bond donors (Lipinski definition) is 2. The smallest absolute Gasteiger partial charge is 0.130 e. The number of halogens is 2. The molecule has 4 heteroatoms. The van der Waals surface area contributed by atoms with Crippen LogP contribution >= 0.6 is 0 Å². The first-order valence-electron chi connectivity index (χ1n) is 4.46. The van der Waals surface area contributed by atoms with Gasteiger partial charge >= 0.3 is 0 Å². The van der Waals surface area contributed by atoms with Gasteiger partial charge in [-0.05, 0) is 18.9 Å². The van der Waals surface area contributed by atoms with Crippen LogP contribution in [0, 0.1) is 11.6 Å². The van der Waals surface area contributed by atoms with E-state index in [0.29, 0.717) is 18.4 Å². The van der Waals surface area contributed by atoms with Gasteiger partial charge in [0.2, 0.25) is 0 Å². The number of nitrogens with two attached hydrogens (primary N) is 1. The highest BCUT2D eigenvalue weighted by Gasteiger charge is 2.11. The van der Waals surface area contributed by atoms with E-state index < -0.39 is 17.7 Å². The summed E-state index contributed by atoms with van der Waals surface area (Å²) in [5, 5.41) is 8.57. The third kappa shape index (κ3) is 2.75. The minimum Gasteiger partial charge on any atom is -0.396 e. The van der Waals surface area contributed by atoms with Gasteiger partial charge < -0.3 is 10.8 Å². The van der Waals surface area contributed by atoms with E-state index in [-0.39, 0.29) is 6.61 Å². The van der Waals surface area contributed by atoms with Crippen molar-refractivity contribution in [3.63, 3.8) is 0 Å². The molecule has 0 bridgehead atoms. The van der Waals surface area contributed by atoms with Gasteiger partial charge in [-0.2, -0.15) is 0 Å². The molecule has 1 rings (SSSR count). The molecule has 1 atom stereocenters. The minimum absolute atomic E-state index is 0.0243. The maximum Gasteiger partial charge on any atom is 0.130 e. The summed E-state index contributed by atoms with van der Waals surface area (Å²) in [4.78, 5) is 0. The molecule has 0 amide bonds. The Balaban J connectivity index is 2.74. The van der Waals surface area contributed by atoms with Crippen LogP contribution in [0.4, 0.5) is 8.78 Å². The van der Waals surface area contributed by atoms with Crippen LogP contribution in [0.5, 0.6) is 0 Å². The molecule has 0 aliphatic carbocycles. The van der Waals surface area contributed by atoms with Crippen LogP contribution in [0.1, 0.15) is 24.4 Å². The molecule has 0 saturated carbocycles. The van der Waals surface area contributed by atoms with Crippen molar-refractivity contribution in [3.8, 4) is 0 Å². The topological polar surface area (TPSA) is 46.2 Å². The van der Waals surface area contributed by atoms with Crippen LogP contribution in [0.2, 0.25) is 0 Å². The minimum atomic E-state index is -0.629. The Hall–Kier alpha value is -1.00. The lowest BCUT2D eigenvalue weighted by Gasteiger charge is -2.11. The molecule has 0 radical (unpaired) electrons. The summed E-state index contributed by atoms with van der Waals surface area (Å²) in [7, 11) is 0. The zero-order chi connectivity index (χ0) is 10.6. The average molecular weight is 201 g/mol. The van der Waals surface area contributed by atoms with Crippen molar-refractivity contribution < 1.29 is 13.9 Å². The average Bonchev–Trinajstić information content (AvgIpc) is 2.14. The first-order valence-corrected chi connectivity index (χ1v) is 4.46. The Labute approximate surface area is 81.4 Å². The molecule has 0 saturated heterocycles. The van der Waals surface area contributed by atoms with Gasteiger partial charge in [0.1, 0.15) is 11.6 Å². The Morgan fingerprint density at radius 2 is 2.07 bits per heavy atom. The lowest BCUT2D eigenvalue weighted by Crippen LogP contribution is -2.12. The third-order valence-corrected chi connectivity index (χ3v) is 2.04. The molecule has 1 unspecified atom stereocenters. The highest BCUT2D eigenvalue weighted by atomic mass is 19.1. The summed E-state index contributed by atoms with van der Waals surface area (Å²) >= 11 is 0. The Morgan fingerprint density at radius 1 is 1.36 bits per heavy atom. The monoisotopic (exact) mass is 201 g/mol. The molecule has 1 aromatic carbocycles. The summed E-state index contributed by atoms with van der Waals surface area (Å²) in [5.41, 5.74) is 5.95. The van der Waals surface area contributed by atoms with Crippen molar-refractivity contribution in [2.45, 2.75) is 18.9 Å². The van der Waals surface area contributed by atoms with E-state index in [1.807, 2.05) is 0 Å². The fourth-order valence-electron chi connectivity index (χ4n) is 1.27. The van der Waals surface area contributed by atoms with E-state index in [1.165, 1.54) is 12.1 Å². The van der Waals surface area contributed by atoms with E-state index in [9.17, 15) is 8.78 Å². The van der Waals surface area contributed by atoms with Gasteiger partial charge in [-0.3, -0.25) is 0 Å². The lowest BCUT2D eigenvalue weighted by atomic mass is 10.0. The highest BCUT2D eigenvalue weighted by Crippen LogP contribution is 2.19. The van der Waals surface area contributed by atoms with Gasteiger partial charge in [0, 0.05) is 24.3 Å². The molecule has 0 spiro atoms. The van der Waals surface area contributed by atoms with E-state index in [1.54, 1.807) is 0 Å². The predicted molar refractivity (Wildman–Crippen MR) is 49.6 cm³/mol. The van der Waals surface area contributed by atoms with Gasteiger partial charge in [0.05, 0.1) is 0 Å². The molecule has 0 aliphatic heterocycles. The summed E-state index contributed by atoms with van der Waals surface area (Å²) in [6, 6.07) is 2.85. The van der Waals surface area contributed by atoms with Crippen LogP contribution in [0.25, 0.3) is 0 Å². The molecule has 3 N–H and O–H groups in total. The van der Waals surface area contributed by atoms with Gasteiger partial charge in [-0.25, -0.2) is 8.78 Å². The van der Waals surface area contributed by atoms with Crippen molar-refractivity contribution in [1.82, 2.24) is 0 Å². The van der Waals surface area contributed by atoms with Crippen molar-refractivity contribution in [3.05, 3.63) is 35.4 Å². The maximum atomic E-state index is 13.1. The number of hydrogen-bond acceptors (Lipinski definition) is 2. The van der Waals surface area contributed by atoms with Crippen LogP contribution in [0.15, 0.2) is 18.2 Å². The predicted octanol–water partition coefficient (Wildman–Crippen LogP) is 1.74. The molecule has 1 aromatic rings. The van der Waals surface area contributed by atoms with Gasteiger partial charge in [-0.15, -0.1) is 0 Å². The summed E-state index contributed by atoms with van der Waals surface area (Å²) in [6.07, 6.45) is 0.997. The number of aliphatic hydroxyl groups excluding tert-OH is 1. The summed E-state index contributed by atoms with van der Waals surface area (Å²) < 4.78 is 25.7. The van der Waals surface area contributed by atoms with Gasteiger partial charge in [-0.1, -0.05) is 6.07 Å². The fourth-order valence-corrected chi connectivity index (χ4v) is 1.27. The van der Waals surface area contributed by atoms with Gasteiger partial charge in [0.25, 0.3) is 0 Å². The van der Waals surface area contributed by atoms with E-state index in [4.69, 9.17) is 10.8 Å². The third-order valence-electron chi connectivity index (χ3n) is 2.04. The first-order chi connectivity index (χ1) is 6.65. The maximum absolute atomic E-state index is 13.1. The second-order valence-electron chi connectivity index (χ2n) is 3.14. The van der Waals surface area contributed by atoms with E-state index in [2.05, 4.69) is 0 Å².